The van der Waals surface area contributed by atoms with Crippen LogP contribution in [-0.4, -0.2) is 62.9 Å². The van der Waals surface area contributed by atoms with E-state index < -0.39 is 5.97 Å². The molecule has 1 aromatic rings. The van der Waals surface area contributed by atoms with E-state index in [4.69, 9.17) is 9.84 Å². The Balaban J connectivity index is 1.51. The zero-order valence-electron chi connectivity index (χ0n) is 11.6. The first-order valence-corrected chi connectivity index (χ1v) is 7.18. The lowest BCUT2D eigenvalue weighted by atomic mass is 10.1. The van der Waals surface area contributed by atoms with Crippen LogP contribution in [0.3, 0.4) is 0 Å². The number of hydrogen-bond donors (Lipinski definition) is 2. The summed E-state index contributed by atoms with van der Waals surface area (Å²) in [6.07, 6.45) is 3.39. The van der Waals surface area contributed by atoms with Crippen LogP contribution in [-0.2, 0) is 9.53 Å². The summed E-state index contributed by atoms with van der Waals surface area (Å²) in [4.78, 5) is 28.7. The van der Waals surface area contributed by atoms with Gasteiger partial charge in [0.1, 0.15) is 12.4 Å². The molecule has 0 atom stereocenters. The molecule has 1 aromatic heterocycles. The Labute approximate surface area is 121 Å². The Morgan fingerprint density at radius 3 is 2.62 bits per heavy atom. The van der Waals surface area contributed by atoms with Crippen molar-refractivity contribution in [1.82, 2.24) is 20.1 Å². The predicted molar refractivity (Wildman–Crippen MR) is 70.9 cm³/mol. The van der Waals surface area contributed by atoms with Crippen LogP contribution in [0.4, 0.5) is 0 Å². The highest BCUT2D eigenvalue weighted by Crippen LogP contribution is 2.37. The van der Waals surface area contributed by atoms with E-state index >= 15 is 0 Å². The first-order chi connectivity index (χ1) is 10.1. The number of ether oxygens (including phenoxy) is 1. The first kappa shape index (κ1) is 14.0. The molecule has 8 heteroatoms. The van der Waals surface area contributed by atoms with Crippen LogP contribution in [0, 0.1) is 0 Å². The SMILES string of the molecule is O=C(O)COC1CCN(C(=O)c2n[nH]c(C3CC3)n2)CC1. The van der Waals surface area contributed by atoms with Crippen LogP contribution in [0.25, 0.3) is 0 Å². The van der Waals surface area contributed by atoms with Gasteiger partial charge < -0.3 is 14.7 Å². The summed E-state index contributed by atoms with van der Waals surface area (Å²) >= 11 is 0. The van der Waals surface area contributed by atoms with Crippen LogP contribution in [0.2, 0.25) is 0 Å². The Hall–Kier alpha value is -1.96. The van der Waals surface area contributed by atoms with E-state index in [0.29, 0.717) is 31.8 Å². The molecule has 0 aromatic carbocycles. The maximum atomic E-state index is 12.3. The number of carbonyl (C=O) groups excluding carboxylic acids is 1. The second-order valence-electron chi connectivity index (χ2n) is 5.51. The van der Waals surface area contributed by atoms with Gasteiger partial charge in [-0.3, -0.25) is 9.89 Å². The maximum Gasteiger partial charge on any atom is 0.329 e. The second kappa shape index (κ2) is 5.80. The molecule has 2 N–H and O–H groups in total. The minimum absolute atomic E-state index is 0.0979. The molecule has 0 spiro atoms. The summed E-state index contributed by atoms with van der Waals surface area (Å²) < 4.78 is 5.25. The van der Waals surface area contributed by atoms with E-state index in [0.717, 1.165) is 18.7 Å². The number of aliphatic carboxylic acids is 1. The number of amides is 1. The lowest BCUT2D eigenvalue weighted by molar-refractivity contribution is -0.145. The molecule has 0 radical (unpaired) electrons. The van der Waals surface area contributed by atoms with Gasteiger partial charge in [0.2, 0.25) is 5.82 Å². The number of carbonyl (C=O) groups is 2. The van der Waals surface area contributed by atoms with Crippen molar-refractivity contribution in [1.29, 1.82) is 0 Å². The molecule has 8 nitrogen and oxygen atoms in total. The van der Waals surface area contributed by atoms with Gasteiger partial charge in [-0.2, -0.15) is 0 Å². The van der Waals surface area contributed by atoms with Crippen LogP contribution in [0.1, 0.15) is 48.0 Å². The van der Waals surface area contributed by atoms with E-state index in [-0.39, 0.29) is 24.4 Å². The smallest absolute Gasteiger partial charge is 0.329 e. The number of H-pyrrole nitrogens is 1. The Morgan fingerprint density at radius 2 is 2.00 bits per heavy atom. The Bertz CT molecular complexity index is 532. The highest BCUT2D eigenvalue weighted by atomic mass is 16.5. The standard InChI is InChI=1S/C13H18N4O4/c18-10(19)7-21-9-3-5-17(6-4-9)13(20)12-14-11(15-16-12)8-1-2-8/h8-9H,1-7H2,(H,18,19)(H,14,15,16). The van der Waals surface area contributed by atoms with Crippen molar-refractivity contribution in [2.75, 3.05) is 19.7 Å². The van der Waals surface area contributed by atoms with Crippen LogP contribution in [0.15, 0.2) is 0 Å². The van der Waals surface area contributed by atoms with Gasteiger partial charge in [-0.25, -0.2) is 9.78 Å². The molecule has 2 aliphatic rings. The topological polar surface area (TPSA) is 108 Å². The van der Waals surface area contributed by atoms with Gasteiger partial charge in [-0.1, -0.05) is 0 Å². The number of carboxylic acid groups (broad SMARTS) is 1. The molecule has 1 aliphatic heterocycles. The molecule has 2 heterocycles. The van der Waals surface area contributed by atoms with Gasteiger partial charge in [0.25, 0.3) is 5.91 Å². The zero-order valence-corrected chi connectivity index (χ0v) is 11.6. The molecule has 1 saturated heterocycles. The minimum Gasteiger partial charge on any atom is -0.480 e. The van der Waals surface area contributed by atoms with E-state index in [1.165, 1.54) is 0 Å². The van der Waals surface area contributed by atoms with Gasteiger partial charge in [-0.15, -0.1) is 5.10 Å². The summed E-state index contributed by atoms with van der Waals surface area (Å²) in [5.74, 6) is 0.325. The van der Waals surface area contributed by atoms with Gasteiger partial charge >= 0.3 is 5.97 Å². The molecular formula is C13H18N4O4. The third kappa shape index (κ3) is 3.38. The fourth-order valence-corrected chi connectivity index (χ4v) is 2.47. The van der Waals surface area contributed by atoms with Gasteiger partial charge in [-0.05, 0) is 25.7 Å². The lowest BCUT2D eigenvalue weighted by Gasteiger charge is -2.30. The van der Waals surface area contributed by atoms with Crippen molar-refractivity contribution in [2.45, 2.75) is 37.7 Å². The van der Waals surface area contributed by atoms with E-state index in [2.05, 4.69) is 15.2 Å². The third-order valence-corrected chi connectivity index (χ3v) is 3.83. The summed E-state index contributed by atoms with van der Waals surface area (Å²) in [7, 11) is 0. The number of hydrogen-bond acceptors (Lipinski definition) is 5. The zero-order chi connectivity index (χ0) is 14.8. The van der Waals surface area contributed by atoms with Crippen molar-refractivity contribution in [3.63, 3.8) is 0 Å². The number of likely N-dealkylation sites (tertiary alicyclic amines) is 1. The lowest BCUT2D eigenvalue weighted by Crippen LogP contribution is -2.41. The summed E-state index contributed by atoms with van der Waals surface area (Å²) in [5.41, 5.74) is 0. The number of aromatic amines is 1. The van der Waals surface area contributed by atoms with Crippen LogP contribution < -0.4 is 0 Å². The van der Waals surface area contributed by atoms with Gasteiger partial charge in [0.05, 0.1) is 6.10 Å². The molecular weight excluding hydrogens is 276 g/mol. The minimum atomic E-state index is -0.971. The van der Waals surface area contributed by atoms with Crippen molar-refractivity contribution in [3.05, 3.63) is 11.6 Å². The Kier molecular flexibility index (Phi) is 3.87. The molecule has 21 heavy (non-hydrogen) atoms. The molecule has 3 rings (SSSR count). The summed E-state index contributed by atoms with van der Waals surface area (Å²) in [6, 6.07) is 0. The fraction of sp³-hybridized carbons (Fsp3) is 0.692. The number of piperidine rings is 1. The monoisotopic (exact) mass is 294 g/mol. The number of aromatic nitrogens is 3. The van der Waals surface area contributed by atoms with Crippen molar-refractivity contribution in [3.8, 4) is 0 Å². The van der Waals surface area contributed by atoms with E-state index in [1.807, 2.05) is 0 Å². The molecule has 1 aliphatic carbocycles. The van der Waals surface area contributed by atoms with Crippen LogP contribution in [0.5, 0.6) is 0 Å². The maximum absolute atomic E-state index is 12.3. The van der Waals surface area contributed by atoms with Crippen LogP contribution >= 0.6 is 0 Å². The van der Waals surface area contributed by atoms with Crippen molar-refractivity contribution in [2.24, 2.45) is 0 Å². The highest BCUT2D eigenvalue weighted by Gasteiger charge is 2.30. The average Bonchev–Trinajstić information content (AvgIpc) is 3.22. The second-order valence-corrected chi connectivity index (χ2v) is 5.51. The number of carboxylic acids is 1. The molecule has 1 saturated carbocycles. The predicted octanol–water partition coefficient (Wildman–Crippen LogP) is 0.388. The molecule has 0 bridgehead atoms. The van der Waals surface area contributed by atoms with Crippen molar-refractivity contribution < 1.29 is 19.4 Å². The molecule has 0 unspecified atom stereocenters. The molecule has 114 valence electrons. The third-order valence-electron chi connectivity index (χ3n) is 3.83. The largest absolute Gasteiger partial charge is 0.480 e. The number of nitrogens with one attached hydrogen (secondary N) is 1. The normalized spacial score (nSPS) is 19.7. The number of nitrogens with zero attached hydrogens (tertiary/aromatic N) is 3. The highest BCUT2D eigenvalue weighted by molar-refractivity contribution is 5.90. The quantitative estimate of drug-likeness (QED) is 0.813. The first-order valence-electron chi connectivity index (χ1n) is 7.18. The average molecular weight is 294 g/mol. The summed E-state index contributed by atoms with van der Waals surface area (Å²) in [6.45, 7) is 0.789. The summed E-state index contributed by atoms with van der Waals surface area (Å²) in [5, 5.41) is 15.4. The van der Waals surface area contributed by atoms with Crippen molar-refractivity contribution >= 4 is 11.9 Å². The van der Waals surface area contributed by atoms with E-state index in [9.17, 15) is 9.59 Å². The van der Waals surface area contributed by atoms with Gasteiger partial charge in [0, 0.05) is 19.0 Å². The molecule has 1 amide bonds. The molecule has 2 fully saturated rings. The van der Waals surface area contributed by atoms with Gasteiger partial charge in [0.15, 0.2) is 0 Å². The fourth-order valence-electron chi connectivity index (χ4n) is 2.47. The van der Waals surface area contributed by atoms with E-state index in [1.54, 1.807) is 4.90 Å². The number of rotatable bonds is 5. The Morgan fingerprint density at radius 1 is 1.29 bits per heavy atom.